The van der Waals surface area contributed by atoms with Crippen LogP contribution in [-0.2, 0) is 5.41 Å². The van der Waals surface area contributed by atoms with Gasteiger partial charge in [-0.1, -0.05) is 129 Å². The molecule has 0 fully saturated rings. The first-order valence-corrected chi connectivity index (χ1v) is 13.9. The summed E-state index contributed by atoms with van der Waals surface area (Å²) in [6.07, 6.45) is 4.69. The number of allylic oxidation sites excluding steroid dienone is 2. The highest BCUT2D eigenvalue weighted by atomic mass is 15.3. The largest absolute Gasteiger partial charge is 0.302 e. The summed E-state index contributed by atoms with van der Waals surface area (Å²) >= 11 is 0. The SMILES string of the molecule is CC1(C)C2=C(C=CC3C2c2ccccc2N3c2nc(-c3ccccc3)nc(-c3ccccc3)n2)c2ccccc21. The maximum atomic E-state index is 5.12. The van der Waals surface area contributed by atoms with E-state index in [1.54, 1.807) is 0 Å². The molecule has 0 radical (unpaired) electrons. The monoisotopic (exact) mass is 516 g/mol. The lowest BCUT2D eigenvalue weighted by Gasteiger charge is -2.35. The molecule has 2 unspecified atom stereocenters. The maximum absolute atomic E-state index is 5.12. The molecule has 4 heteroatoms. The third kappa shape index (κ3) is 3.29. The van der Waals surface area contributed by atoms with Gasteiger partial charge in [0.2, 0.25) is 5.95 Å². The molecule has 0 amide bonds. The zero-order valence-electron chi connectivity index (χ0n) is 22.5. The van der Waals surface area contributed by atoms with E-state index in [9.17, 15) is 0 Å². The van der Waals surface area contributed by atoms with E-state index < -0.39 is 0 Å². The average Bonchev–Trinajstić information content (AvgIpc) is 3.47. The first-order chi connectivity index (χ1) is 19.6. The third-order valence-electron chi connectivity index (χ3n) is 8.70. The fourth-order valence-electron chi connectivity index (χ4n) is 6.95. The van der Waals surface area contributed by atoms with Crippen LogP contribution < -0.4 is 4.90 Å². The van der Waals surface area contributed by atoms with Gasteiger partial charge in [0.15, 0.2) is 11.6 Å². The topological polar surface area (TPSA) is 41.9 Å². The lowest BCUT2D eigenvalue weighted by molar-refractivity contribution is 0.555. The highest BCUT2D eigenvalue weighted by Gasteiger charge is 2.50. The molecule has 0 spiro atoms. The van der Waals surface area contributed by atoms with Crippen LogP contribution in [0, 0.1) is 0 Å². The molecule has 1 aliphatic heterocycles. The van der Waals surface area contributed by atoms with Crippen molar-refractivity contribution in [3.05, 3.63) is 144 Å². The van der Waals surface area contributed by atoms with E-state index in [-0.39, 0.29) is 17.4 Å². The highest BCUT2D eigenvalue weighted by Crippen LogP contribution is 2.60. The molecule has 40 heavy (non-hydrogen) atoms. The molecule has 8 rings (SSSR count). The van der Waals surface area contributed by atoms with E-state index in [0.29, 0.717) is 17.6 Å². The van der Waals surface area contributed by atoms with Crippen LogP contribution in [0.15, 0.2) is 127 Å². The summed E-state index contributed by atoms with van der Waals surface area (Å²) in [6, 6.07) is 38.1. The van der Waals surface area contributed by atoms with Gasteiger partial charge in [-0.05, 0) is 33.9 Å². The molecular weight excluding hydrogens is 488 g/mol. The quantitative estimate of drug-likeness (QED) is 0.243. The summed E-state index contributed by atoms with van der Waals surface area (Å²) in [5.74, 6) is 2.24. The second-order valence-corrected chi connectivity index (χ2v) is 11.3. The summed E-state index contributed by atoms with van der Waals surface area (Å²) in [5.41, 5.74) is 9.96. The number of hydrogen-bond acceptors (Lipinski definition) is 4. The van der Waals surface area contributed by atoms with Crippen molar-refractivity contribution in [1.82, 2.24) is 15.0 Å². The fourth-order valence-corrected chi connectivity index (χ4v) is 6.95. The van der Waals surface area contributed by atoms with E-state index in [4.69, 9.17) is 15.0 Å². The van der Waals surface area contributed by atoms with Gasteiger partial charge in [0, 0.05) is 28.1 Å². The molecule has 2 atom stereocenters. The number of anilines is 2. The average molecular weight is 517 g/mol. The van der Waals surface area contributed by atoms with Gasteiger partial charge >= 0.3 is 0 Å². The van der Waals surface area contributed by atoms with Crippen LogP contribution in [0.25, 0.3) is 28.3 Å². The fraction of sp³-hybridized carbons (Fsp3) is 0.139. The Kier molecular flexibility index (Phi) is 4.96. The number of para-hydroxylation sites is 1. The van der Waals surface area contributed by atoms with Crippen LogP contribution in [0.3, 0.4) is 0 Å². The molecule has 5 aromatic rings. The zero-order valence-corrected chi connectivity index (χ0v) is 22.5. The minimum atomic E-state index is -0.0772. The summed E-state index contributed by atoms with van der Waals surface area (Å²) in [5, 5.41) is 0. The molecule has 0 saturated heterocycles. The molecule has 4 aromatic carbocycles. The third-order valence-corrected chi connectivity index (χ3v) is 8.70. The van der Waals surface area contributed by atoms with Crippen molar-refractivity contribution in [3.63, 3.8) is 0 Å². The minimum absolute atomic E-state index is 0.0689. The Balaban J connectivity index is 1.33. The van der Waals surface area contributed by atoms with Gasteiger partial charge in [0.25, 0.3) is 0 Å². The Morgan fingerprint density at radius 2 is 1.25 bits per heavy atom. The first-order valence-electron chi connectivity index (χ1n) is 13.9. The summed E-state index contributed by atoms with van der Waals surface area (Å²) in [7, 11) is 0. The Morgan fingerprint density at radius 1 is 0.650 bits per heavy atom. The van der Waals surface area contributed by atoms with Crippen LogP contribution in [-0.4, -0.2) is 21.0 Å². The van der Waals surface area contributed by atoms with Crippen molar-refractivity contribution in [1.29, 1.82) is 0 Å². The second kappa shape index (κ2) is 8.59. The van der Waals surface area contributed by atoms with Crippen LogP contribution in [0.2, 0.25) is 0 Å². The molecule has 192 valence electrons. The van der Waals surface area contributed by atoms with Crippen LogP contribution >= 0.6 is 0 Å². The molecule has 3 aliphatic rings. The van der Waals surface area contributed by atoms with Crippen molar-refractivity contribution < 1.29 is 0 Å². The molecule has 4 nitrogen and oxygen atoms in total. The Morgan fingerprint density at radius 3 is 1.95 bits per heavy atom. The van der Waals surface area contributed by atoms with Gasteiger partial charge in [-0.15, -0.1) is 0 Å². The van der Waals surface area contributed by atoms with E-state index in [0.717, 1.165) is 16.8 Å². The molecule has 0 saturated carbocycles. The number of aromatic nitrogens is 3. The number of benzene rings is 4. The molecule has 2 aliphatic carbocycles. The van der Waals surface area contributed by atoms with Crippen molar-refractivity contribution in [2.45, 2.75) is 31.2 Å². The van der Waals surface area contributed by atoms with Crippen LogP contribution in [0.4, 0.5) is 11.6 Å². The van der Waals surface area contributed by atoms with E-state index >= 15 is 0 Å². The highest BCUT2D eigenvalue weighted by molar-refractivity contribution is 5.91. The van der Waals surface area contributed by atoms with Crippen molar-refractivity contribution in [2.75, 3.05) is 4.90 Å². The van der Waals surface area contributed by atoms with Gasteiger partial charge in [0.05, 0.1) is 6.04 Å². The van der Waals surface area contributed by atoms with E-state index in [1.165, 1.54) is 27.8 Å². The zero-order chi connectivity index (χ0) is 26.8. The van der Waals surface area contributed by atoms with Gasteiger partial charge in [-0.3, -0.25) is 0 Å². The molecule has 1 aromatic heterocycles. The molecule has 0 N–H and O–H groups in total. The lowest BCUT2D eigenvalue weighted by atomic mass is 9.70. The van der Waals surface area contributed by atoms with Crippen molar-refractivity contribution in [2.24, 2.45) is 0 Å². The predicted molar refractivity (Wildman–Crippen MR) is 161 cm³/mol. The Labute approximate surface area is 234 Å². The molecule has 2 heterocycles. The number of nitrogens with zero attached hydrogens (tertiary/aromatic N) is 4. The standard InChI is InChI=1S/C36H28N4/c1-36(2)28-19-11-9-17-25(28)26-21-22-30-31(32(26)36)27-18-10-12-20-29(27)40(30)35-38-33(23-13-5-3-6-14-23)37-34(39-35)24-15-7-4-8-16-24/h3-22,30-31H,1-2H3. The van der Waals surface area contributed by atoms with Crippen LogP contribution in [0.1, 0.15) is 36.5 Å². The van der Waals surface area contributed by atoms with Gasteiger partial charge < -0.3 is 4.90 Å². The first kappa shape index (κ1) is 23.1. The van der Waals surface area contributed by atoms with E-state index in [2.05, 4.69) is 104 Å². The summed E-state index contributed by atoms with van der Waals surface area (Å²) < 4.78 is 0. The van der Waals surface area contributed by atoms with E-state index in [1.807, 2.05) is 36.4 Å². The molecular formula is C36H28N4. The lowest BCUT2D eigenvalue weighted by Crippen LogP contribution is -2.35. The normalized spacial score (nSPS) is 19.7. The predicted octanol–water partition coefficient (Wildman–Crippen LogP) is 8.12. The number of fused-ring (bicyclic) bond motifs is 6. The van der Waals surface area contributed by atoms with Gasteiger partial charge in [-0.25, -0.2) is 4.98 Å². The maximum Gasteiger partial charge on any atom is 0.234 e. The van der Waals surface area contributed by atoms with Gasteiger partial charge in [0.1, 0.15) is 0 Å². The minimum Gasteiger partial charge on any atom is -0.302 e. The summed E-state index contributed by atoms with van der Waals surface area (Å²) in [6.45, 7) is 4.75. The van der Waals surface area contributed by atoms with Crippen molar-refractivity contribution >= 4 is 17.2 Å². The molecule has 0 bridgehead atoms. The van der Waals surface area contributed by atoms with Crippen molar-refractivity contribution in [3.8, 4) is 22.8 Å². The second-order valence-electron chi connectivity index (χ2n) is 11.3. The Hall–Kier alpha value is -4.83. The van der Waals surface area contributed by atoms with Gasteiger partial charge in [-0.2, -0.15) is 9.97 Å². The number of rotatable bonds is 3. The van der Waals surface area contributed by atoms with Crippen LogP contribution in [0.5, 0.6) is 0 Å². The Bertz CT molecular complexity index is 1780. The smallest absolute Gasteiger partial charge is 0.234 e. The summed E-state index contributed by atoms with van der Waals surface area (Å²) in [4.78, 5) is 17.5. The number of hydrogen-bond donors (Lipinski definition) is 0.